The molecule has 1 unspecified atom stereocenters. The molecular formula is C19H32N2O3. The zero-order chi connectivity index (χ0) is 17.5. The van der Waals surface area contributed by atoms with E-state index in [0.29, 0.717) is 6.42 Å². The maximum absolute atomic E-state index is 10.7. The molecule has 0 saturated carbocycles. The highest BCUT2D eigenvalue weighted by Gasteiger charge is 2.18. The molecule has 5 heteroatoms. The van der Waals surface area contributed by atoms with Crippen LogP contribution in [0.2, 0.25) is 0 Å². The lowest BCUT2D eigenvalue weighted by Crippen LogP contribution is -2.44. The van der Waals surface area contributed by atoms with Crippen LogP contribution in [0.1, 0.15) is 45.8 Å². The number of nitrogens with one attached hydrogen (secondary N) is 1. The summed E-state index contributed by atoms with van der Waals surface area (Å²) in [5, 5.41) is 14.0. The second-order valence-electron chi connectivity index (χ2n) is 6.93. The predicted molar refractivity (Wildman–Crippen MR) is 96.9 cm³/mol. The molecule has 1 saturated heterocycles. The van der Waals surface area contributed by atoms with E-state index in [1.807, 2.05) is 45.9 Å². The van der Waals surface area contributed by atoms with Crippen LogP contribution >= 0.6 is 0 Å². The van der Waals surface area contributed by atoms with Crippen LogP contribution in [-0.4, -0.2) is 54.9 Å². The van der Waals surface area contributed by atoms with Crippen molar-refractivity contribution in [1.82, 2.24) is 10.2 Å². The number of piperazine rings is 1. The maximum Gasteiger partial charge on any atom is 0.129 e. The molecule has 1 aliphatic heterocycles. The highest BCUT2D eigenvalue weighted by Crippen LogP contribution is 2.32. The van der Waals surface area contributed by atoms with Crippen molar-refractivity contribution in [2.45, 2.75) is 52.4 Å². The maximum atomic E-state index is 10.7. The molecule has 1 aromatic rings. The van der Waals surface area contributed by atoms with Gasteiger partial charge in [-0.3, -0.25) is 0 Å². The normalized spacial score (nSPS) is 17.3. The third-order valence-electron chi connectivity index (χ3n) is 4.01. The predicted octanol–water partition coefficient (Wildman–Crippen LogP) is 2.59. The van der Waals surface area contributed by atoms with Gasteiger partial charge in [0.05, 0.1) is 18.3 Å². The van der Waals surface area contributed by atoms with E-state index in [-0.39, 0.29) is 12.2 Å². The van der Waals surface area contributed by atoms with Crippen LogP contribution in [0, 0.1) is 0 Å². The molecule has 0 aromatic heterocycles. The van der Waals surface area contributed by atoms with Crippen molar-refractivity contribution in [2.75, 3.05) is 32.7 Å². The topological polar surface area (TPSA) is 54.0 Å². The number of nitrogens with zero attached hydrogens (tertiary/aromatic N) is 1. The lowest BCUT2D eigenvalue weighted by molar-refractivity contribution is 0.130. The first kappa shape index (κ1) is 19.0. The molecule has 5 nitrogen and oxygen atoms in total. The number of aliphatic hydroxyl groups is 1. The van der Waals surface area contributed by atoms with Crippen molar-refractivity contribution in [3.8, 4) is 11.5 Å². The number of hydrogen-bond acceptors (Lipinski definition) is 5. The Morgan fingerprint density at radius 3 is 2.38 bits per heavy atom. The van der Waals surface area contributed by atoms with Gasteiger partial charge in [-0.25, -0.2) is 0 Å². The van der Waals surface area contributed by atoms with Crippen molar-refractivity contribution >= 4 is 0 Å². The number of rotatable bonds is 8. The number of benzene rings is 1. The summed E-state index contributed by atoms with van der Waals surface area (Å²) in [4.78, 5) is 2.39. The van der Waals surface area contributed by atoms with E-state index in [2.05, 4.69) is 10.2 Å². The summed E-state index contributed by atoms with van der Waals surface area (Å²) in [5.74, 6) is 1.50. The third kappa shape index (κ3) is 5.96. The van der Waals surface area contributed by atoms with Crippen molar-refractivity contribution < 1.29 is 14.6 Å². The van der Waals surface area contributed by atoms with E-state index in [9.17, 15) is 5.11 Å². The fraction of sp³-hybridized carbons (Fsp3) is 0.684. The minimum atomic E-state index is -0.526. The Hall–Kier alpha value is -1.30. The van der Waals surface area contributed by atoms with Crippen LogP contribution in [0.3, 0.4) is 0 Å². The molecule has 1 fully saturated rings. The average Bonchev–Trinajstić information content (AvgIpc) is 2.52. The molecule has 0 aliphatic carbocycles. The van der Waals surface area contributed by atoms with Gasteiger partial charge in [0, 0.05) is 44.4 Å². The molecule has 1 heterocycles. The van der Waals surface area contributed by atoms with Gasteiger partial charge >= 0.3 is 0 Å². The summed E-state index contributed by atoms with van der Waals surface area (Å²) >= 11 is 0. The highest BCUT2D eigenvalue weighted by molar-refractivity contribution is 5.42. The van der Waals surface area contributed by atoms with Crippen LogP contribution in [0.4, 0.5) is 0 Å². The fourth-order valence-electron chi connectivity index (χ4n) is 2.89. The van der Waals surface area contributed by atoms with Crippen molar-refractivity contribution in [2.24, 2.45) is 0 Å². The molecule has 24 heavy (non-hydrogen) atoms. The third-order valence-corrected chi connectivity index (χ3v) is 4.01. The number of aliphatic hydroxyl groups excluding tert-OH is 1. The molecule has 0 bridgehead atoms. The molecular weight excluding hydrogens is 304 g/mol. The zero-order valence-corrected chi connectivity index (χ0v) is 15.4. The first-order valence-corrected chi connectivity index (χ1v) is 9.04. The van der Waals surface area contributed by atoms with E-state index in [1.165, 1.54) is 0 Å². The Labute approximate surface area is 146 Å². The summed E-state index contributed by atoms with van der Waals surface area (Å²) in [5.41, 5.74) is 0.843. The summed E-state index contributed by atoms with van der Waals surface area (Å²) in [6.07, 6.45) is 0.347. The van der Waals surface area contributed by atoms with Crippen molar-refractivity contribution in [1.29, 1.82) is 0 Å². The van der Waals surface area contributed by atoms with Gasteiger partial charge in [-0.1, -0.05) is 0 Å². The summed E-state index contributed by atoms with van der Waals surface area (Å²) in [6, 6.07) is 5.73. The van der Waals surface area contributed by atoms with Gasteiger partial charge in [0.25, 0.3) is 0 Å². The van der Waals surface area contributed by atoms with Gasteiger partial charge in [-0.05, 0) is 46.2 Å². The van der Waals surface area contributed by atoms with Crippen LogP contribution in [-0.2, 0) is 0 Å². The summed E-state index contributed by atoms with van der Waals surface area (Å²) < 4.78 is 11.7. The summed E-state index contributed by atoms with van der Waals surface area (Å²) in [6.45, 7) is 13.0. The van der Waals surface area contributed by atoms with E-state index in [1.54, 1.807) is 0 Å². The standard InChI is InChI=1S/C19H32N2O3/c1-14(2)23-16-5-6-17(19(13-16)24-15(3)4)18(22)7-10-21-11-8-20-9-12-21/h5-6,13-15,18,20,22H,7-12H2,1-4H3. The van der Waals surface area contributed by atoms with Gasteiger partial charge in [-0.15, -0.1) is 0 Å². The largest absolute Gasteiger partial charge is 0.491 e. The quantitative estimate of drug-likeness (QED) is 0.764. The Kier molecular flexibility index (Phi) is 7.34. The molecule has 1 aromatic carbocycles. The monoisotopic (exact) mass is 336 g/mol. The smallest absolute Gasteiger partial charge is 0.129 e. The fourth-order valence-corrected chi connectivity index (χ4v) is 2.89. The van der Waals surface area contributed by atoms with Crippen LogP contribution in [0.15, 0.2) is 18.2 Å². The molecule has 2 N–H and O–H groups in total. The van der Waals surface area contributed by atoms with Gasteiger partial charge in [0.2, 0.25) is 0 Å². The molecule has 1 aliphatic rings. The van der Waals surface area contributed by atoms with Crippen molar-refractivity contribution in [3.63, 3.8) is 0 Å². The molecule has 2 rings (SSSR count). The first-order chi connectivity index (χ1) is 11.5. The molecule has 1 atom stereocenters. The lowest BCUT2D eigenvalue weighted by atomic mass is 10.0. The molecule has 0 amide bonds. The molecule has 0 radical (unpaired) electrons. The second kappa shape index (κ2) is 9.25. The Morgan fingerprint density at radius 1 is 1.08 bits per heavy atom. The van der Waals surface area contributed by atoms with Crippen LogP contribution in [0.25, 0.3) is 0 Å². The first-order valence-electron chi connectivity index (χ1n) is 9.04. The average molecular weight is 336 g/mol. The van der Waals surface area contributed by atoms with Gasteiger partial charge < -0.3 is 24.8 Å². The van der Waals surface area contributed by atoms with Crippen molar-refractivity contribution in [3.05, 3.63) is 23.8 Å². The Bertz CT molecular complexity index is 499. The Morgan fingerprint density at radius 2 is 1.75 bits per heavy atom. The van der Waals surface area contributed by atoms with Gasteiger partial charge in [-0.2, -0.15) is 0 Å². The van der Waals surface area contributed by atoms with Gasteiger partial charge in [0.15, 0.2) is 0 Å². The van der Waals surface area contributed by atoms with E-state index in [4.69, 9.17) is 9.47 Å². The van der Waals surface area contributed by atoms with Crippen LogP contribution in [0.5, 0.6) is 11.5 Å². The number of ether oxygens (including phenoxy) is 2. The van der Waals surface area contributed by atoms with E-state index in [0.717, 1.165) is 49.8 Å². The van der Waals surface area contributed by atoms with Crippen LogP contribution < -0.4 is 14.8 Å². The Balaban J connectivity index is 2.04. The minimum absolute atomic E-state index is 0.0541. The molecule has 0 spiro atoms. The second-order valence-corrected chi connectivity index (χ2v) is 6.93. The SMILES string of the molecule is CC(C)Oc1ccc(C(O)CCN2CCNCC2)c(OC(C)C)c1. The van der Waals surface area contributed by atoms with Gasteiger partial charge in [0.1, 0.15) is 11.5 Å². The number of hydrogen-bond donors (Lipinski definition) is 2. The minimum Gasteiger partial charge on any atom is -0.491 e. The zero-order valence-electron chi connectivity index (χ0n) is 15.4. The van der Waals surface area contributed by atoms with E-state index >= 15 is 0 Å². The molecule has 136 valence electrons. The summed E-state index contributed by atoms with van der Waals surface area (Å²) in [7, 11) is 0. The lowest BCUT2D eigenvalue weighted by Gasteiger charge is -2.28. The van der Waals surface area contributed by atoms with E-state index < -0.39 is 6.10 Å². The highest BCUT2D eigenvalue weighted by atomic mass is 16.5.